The molecule has 0 bridgehead atoms. The fourth-order valence-corrected chi connectivity index (χ4v) is 2.54. The van der Waals surface area contributed by atoms with Gasteiger partial charge >= 0.3 is 0 Å². The summed E-state index contributed by atoms with van der Waals surface area (Å²) in [5, 5.41) is 22.2. The molecule has 0 radical (unpaired) electrons. The van der Waals surface area contributed by atoms with Crippen molar-refractivity contribution in [3.63, 3.8) is 0 Å². The second kappa shape index (κ2) is 9.80. The summed E-state index contributed by atoms with van der Waals surface area (Å²) < 4.78 is 5.55. The summed E-state index contributed by atoms with van der Waals surface area (Å²) in [6.45, 7) is 1.40. The first-order valence-corrected chi connectivity index (χ1v) is 8.33. The van der Waals surface area contributed by atoms with Gasteiger partial charge in [0.15, 0.2) is 0 Å². The van der Waals surface area contributed by atoms with E-state index in [2.05, 4.69) is 28.4 Å². The number of likely N-dealkylation sites (N-methyl/N-ethyl adjacent to an activating group) is 1. The van der Waals surface area contributed by atoms with E-state index >= 15 is 0 Å². The van der Waals surface area contributed by atoms with Crippen molar-refractivity contribution in [3.05, 3.63) is 65.7 Å². The van der Waals surface area contributed by atoms with Gasteiger partial charge in [0, 0.05) is 19.1 Å². The van der Waals surface area contributed by atoms with Crippen LogP contribution >= 0.6 is 0 Å². The number of aliphatic hydroxyl groups is 1. The molecular weight excluding hydrogens is 314 g/mol. The first-order chi connectivity index (χ1) is 12.1. The Morgan fingerprint density at radius 2 is 1.76 bits per heavy atom. The lowest BCUT2D eigenvalue weighted by atomic mass is 10.1. The van der Waals surface area contributed by atoms with Gasteiger partial charge in [0.05, 0.1) is 11.6 Å². The molecule has 2 atom stereocenters. The van der Waals surface area contributed by atoms with Gasteiger partial charge in [-0.2, -0.15) is 5.26 Å². The van der Waals surface area contributed by atoms with Crippen molar-refractivity contribution >= 4 is 0 Å². The monoisotopic (exact) mass is 339 g/mol. The zero-order chi connectivity index (χ0) is 18.1. The summed E-state index contributed by atoms with van der Waals surface area (Å²) in [6, 6.07) is 19.5. The lowest BCUT2D eigenvalue weighted by Crippen LogP contribution is -2.37. The molecular formula is C20H25N3O2. The second-order valence-corrected chi connectivity index (χ2v) is 6.15. The molecule has 0 aromatic heterocycles. The van der Waals surface area contributed by atoms with Crippen molar-refractivity contribution in [2.45, 2.75) is 12.1 Å². The van der Waals surface area contributed by atoms with Crippen LogP contribution in [-0.2, 0) is 0 Å². The second-order valence-electron chi connectivity index (χ2n) is 6.15. The minimum Gasteiger partial charge on any atom is -0.491 e. The molecule has 0 saturated heterocycles. The molecule has 0 fully saturated rings. The van der Waals surface area contributed by atoms with Gasteiger partial charge in [0.2, 0.25) is 0 Å². The summed E-state index contributed by atoms with van der Waals surface area (Å²) in [4.78, 5) is 2.15. The number of hydrogen-bond acceptors (Lipinski definition) is 5. The third kappa shape index (κ3) is 6.20. The highest BCUT2D eigenvalue weighted by Gasteiger charge is 2.14. The minimum absolute atomic E-state index is 0.205. The normalized spacial score (nSPS) is 13.2. The van der Waals surface area contributed by atoms with Crippen LogP contribution in [0.3, 0.4) is 0 Å². The molecule has 5 heteroatoms. The van der Waals surface area contributed by atoms with Crippen LogP contribution in [0.15, 0.2) is 54.6 Å². The van der Waals surface area contributed by atoms with Crippen molar-refractivity contribution < 1.29 is 9.84 Å². The predicted octanol–water partition coefficient (Wildman–Crippen LogP) is 2.19. The molecule has 132 valence electrons. The van der Waals surface area contributed by atoms with E-state index in [1.807, 2.05) is 32.3 Å². The van der Waals surface area contributed by atoms with Gasteiger partial charge in [-0.25, -0.2) is 0 Å². The first kappa shape index (κ1) is 18.9. The van der Waals surface area contributed by atoms with Crippen LogP contribution < -0.4 is 10.1 Å². The highest BCUT2D eigenvalue weighted by atomic mass is 16.5. The summed E-state index contributed by atoms with van der Waals surface area (Å²) in [7, 11) is 4.09. The Labute approximate surface area is 149 Å². The number of rotatable bonds is 9. The molecule has 0 heterocycles. The molecule has 2 rings (SSSR count). The Morgan fingerprint density at radius 3 is 2.36 bits per heavy atom. The average Bonchev–Trinajstić information content (AvgIpc) is 2.64. The first-order valence-electron chi connectivity index (χ1n) is 8.33. The quantitative estimate of drug-likeness (QED) is 0.733. The molecule has 0 aliphatic carbocycles. The summed E-state index contributed by atoms with van der Waals surface area (Å²) >= 11 is 0. The lowest BCUT2D eigenvalue weighted by Gasteiger charge is -2.25. The van der Waals surface area contributed by atoms with E-state index in [4.69, 9.17) is 10.00 Å². The van der Waals surface area contributed by atoms with E-state index in [1.165, 1.54) is 5.56 Å². The molecule has 0 amide bonds. The van der Waals surface area contributed by atoms with Crippen LogP contribution in [0.5, 0.6) is 5.75 Å². The number of hydrogen-bond donors (Lipinski definition) is 2. The molecule has 2 aromatic rings. The van der Waals surface area contributed by atoms with Gasteiger partial charge in [0.1, 0.15) is 18.5 Å². The van der Waals surface area contributed by atoms with E-state index in [0.717, 1.165) is 6.54 Å². The van der Waals surface area contributed by atoms with Gasteiger partial charge < -0.3 is 20.1 Å². The molecule has 2 aromatic carbocycles. The standard InChI is InChI=1S/C20H25N3O2/c1-23(2)20(17-6-4-3-5-7-17)14-22-13-18(24)15-25-19-10-8-16(12-21)9-11-19/h3-11,18,20,22,24H,13-15H2,1-2H3/t18-,20-/m0/s1. The van der Waals surface area contributed by atoms with Crippen LogP contribution in [0.1, 0.15) is 17.2 Å². The van der Waals surface area contributed by atoms with Crippen LogP contribution in [0.4, 0.5) is 0 Å². The molecule has 25 heavy (non-hydrogen) atoms. The third-order valence-corrected chi connectivity index (χ3v) is 3.95. The van der Waals surface area contributed by atoms with Gasteiger partial charge in [-0.05, 0) is 43.9 Å². The molecule has 5 nitrogen and oxygen atoms in total. The van der Waals surface area contributed by atoms with Crippen LogP contribution in [0.2, 0.25) is 0 Å². The Morgan fingerprint density at radius 1 is 1.08 bits per heavy atom. The number of ether oxygens (including phenoxy) is 1. The third-order valence-electron chi connectivity index (χ3n) is 3.95. The van der Waals surface area contributed by atoms with Gasteiger partial charge in [-0.1, -0.05) is 30.3 Å². The Kier molecular flexibility index (Phi) is 7.42. The molecule has 2 N–H and O–H groups in total. The fraction of sp³-hybridized carbons (Fsp3) is 0.350. The van der Waals surface area contributed by atoms with E-state index in [9.17, 15) is 5.11 Å². The summed E-state index contributed by atoms with van der Waals surface area (Å²) in [5.74, 6) is 0.647. The number of nitriles is 1. The van der Waals surface area contributed by atoms with Gasteiger partial charge in [-0.15, -0.1) is 0 Å². The zero-order valence-corrected chi connectivity index (χ0v) is 14.7. The maximum Gasteiger partial charge on any atom is 0.119 e. The number of benzene rings is 2. The Balaban J connectivity index is 1.75. The molecule has 0 spiro atoms. The molecule has 0 aliphatic heterocycles. The van der Waals surface area contributed by atoms with Crippen molar-refractivity contribution in [2.24, 2.45) is 0 Å². The molecule has 0 saturated carbocycles. The smallest absolute Gasteiger partial charge is 0.119 e. The largest absolute Gasteiger partial charge is 0.491 e. The average molecular weight is 339 g/mol. The van der Waals surface area contributed by atoms with E-state index in [-0.39, 0.29) is 12.6 Å². The van der Waals surface area contributed by atoms with E-state index < -0.39 is 6.10 Å². The lowest BCUT2D eigenvalue weighted by molar-refractivity contribution is 0.104. The van der Waals surface area contributed by atoms with E-state index in [1.54, 1.807) is 24.3 Å². The maximum atomic E-state index is 10.1. The van der Waals surface area contributed by atoms with Crippen molar-refractivity contribution in [1.82, 2.24) is 10.2 Å². The van der Waals surface area contributed by atoms with Crippen LogP contribution in [-0.4, -0.2) is 49.9 Å². The fourth-order valence-electron chi connectivity index (χ4n) is 2.54. The molecule has 0 aliphatic rings. The number of nitrogens with zero attached hydrogens (tertiary/aromatic N) is 2. The topological polar surface area (TPSA) is 68.5 Å². The Hall–Kier alpha value is -2.39. The highest BCUT2D eigenvalue weighted by molar-refractivity contribution is 5.34. The summed E-state index contributed by atoms with van der Waals surface area (Å²) in [5.41, 5.74) is 1.83. The Bertz CT molecular complexity index is 666. The zero-order valence-electron chi connectivity index (χ0n) is 14.7. The van der Waals surface area contributed by atoms with Crippen molar-refractivity contribution in [3.8, 4) is 11.8 Å². The van der Waals surface area contributed by atoms with Gasteiger partial charge in [-0.3, -0.25) is 0 Å². The van der Waals surface area contributed by atoms with Crippen molar-refractivity contribution in [2.75, 3.05) is 33.8 Å². The van der Waals surface area contributed by atoms with Gasteiger partial charge in [0.25, 0.3) is 0 Å². The summed E-state index contributed by atoms with van der Waals surface area (Å²) in [6.07, 6.45) is -0.603. The van der Waals surface area contributed by atoms with Crippen LogP contribution in [0, 0.1) is 11.3 Å². The SMILES string of the molecule is CN(C)[C@@H](CNC[C@H](O)COc1ccc(C#N)cc1)c1ccccc1. The van der Waals surface area contributed by atoms with Crippen LogP contribution in [0.25, 0.3) is 0 Å². The number of aliphatic hydroxyl groups excluding tert-OH is 1. The number of nitrogens with one attached hydrogen (secondary N) is 1. The minimum atomic E-state index is -0.603. The maximum absolute atomic E-state index is 10.1. The highest BCUT2D eigenvalue weighted by Crippen LogP contribution is 2.16. The van der Waals surface area contributed by atoms with E-state index in [0.29, 0.717) is 17.9 Å². The molecule has 0 unspecified atom stereocenters. The predicted molar refractivity (Wildman–Crippen MR) is 98.4 cm³/mol. The van der Waals surface area contributed by atoms with Crippen molar-refractivity contribution in [1.29, 1.82) is 5.26 Å².